The lowest BCUT2D eigenvalue weighted by Gasteiger charge is -2.27. The topological polar surface area (TPSA) is 84.9 Å². The summed E-state index contributed by atoms with van der Waals surface area (Å²) in [4.78, 5) is 22.6. The van der Waals surface area contributed by atoms with E-state index >= 15 is 0 Å². The number of alkyl carbamates (subject to hydrolysis) is 1. The first-order chi connectivity index (χ1) is 9.74. The second-order valence-corrected chi connectivity index (χ2v) is 5.99. The standard InChI is InChI=1S/C15H19NO5/c1-15(2,3)21-14(19)16-11-6-9-4-5-10(13(17)18)7-12(9)20-8-11/h4-5,7,11H,6,8H2,1-3H3,(H,16,19)(H,17,18). The molecular weight excluding hydrogens is 274 g/mol. The number of rotatable bonds is 2. The molecule has 0 bridgehead atoms. The molecular formula is C15H19NO5. The molecule has 0 fully saturated rings. The molecule has 2 N–H and O–H groups in total. The number of carboxylic acid groups (broad SMARTS) is 1. The number of hydrogen-bond acceptors (Lipinski definition) is 4. The van der Waals surface area contributed by atoms with E-state index in [0.29, 0.717) is 12.2 Å². The predicted octanol–water partition coefficient (Wildman–Crippen LogP) is 2.21. The highest BCUT2D eigenvalue weighted by Crippen LogP contribution is 2.26. The number of carboxylic acids is 1. The van der Waals surface area contributed by atoms with E-state index in [2.05, 4.69) is 5.32 Å². The van der Waals surface area contributed by atoms with Crippen LogP contribution in [0.25, 0.3) is 0 Å². The van der Waals surface area contributed by atoms with Gasteiger partial charge < -0.3 is 19.9 Å². The molecule has 1 heterocycles. The molecule has 1 atom stereocenters. The minimum Gasteiger partial charge on any atom is -0.491 e. The van der Waals surface area contributed by atoms with Crippen LogP contribution in [0, 0.1) is 0 Å². The Labute approximate surface area is 123 Å². The van der Waals surface area contributed by atoms with Crippen LogP contribution in [0.1, 0.15) is 36.7 Å². The quantitative estimate of drug-likeness (QED) is 0.873. The summed E-state index contributed by atoms with van der Waals surface area (Å²) in [6.07, 6.45) is 0.0933. The van der Waals surface area contributed by atoms with E-state index in [1.54, 1.807) is 26.8 Å². The zero-order chi connectivity index (χ0) is 15.6. The average molecular weight is 293 g/mol. The van der Waals surface area contributed by atoms with Gasteiger partial charge in [0.25, 0.3) is 0 Å². The first kappa shape index (κ1) is 15.2. The molecule has 21 heavy (non-hydrogen) atoms. The van der Waals surface area contributed by atoms with Gasteiger partial charge in [0, 0.05) is 0 Å². The molecule has 1 amide bonds. The minimum absolute atomic E-state index is 0.187. The first-order valence-corrected chi connectivity index (χ1v) is 6.73. The van der Waals surface area contributed by atoms with Crippen molar-refractivity contribution in [2.45, 2.75) is 38.8 Å². The fourth-order valence-electron chi connectivity index (χ4n) is 2.07. The predicted molar refractivity (Wildman–Crippen MR) is 75.8 cm³/mol. The van der Waals surface area contributed by atoms with Crippen LogP contribution < -0.4 is 10.1 Å². The summed E-state index contributed by atoms with van der Waals surface area (Å²) < 4.78 is 10.7. The highest BCUT2D eigenvalue weighted by atomic mass is 16.6. The Balaban J connectivity index is 2.00. The Hall–Kier alpha value is -2.24. The summed E-state index contributed by atoms with van der Waals surface area (Å²) in [5.41, 5.74) is 0.507. The minimum atomic E-state index is -0.990. The summed E-state index contributed by atoms with van der Waals surface area (Å²) in [7, 11) is 0. The van der Waals surface area contributed by atoms with Crippen molar-refractivity contribution >= 4 is 12.1 Å². The molecule has 0 radical (unpaired) electrons. The van der Waals surface area contributed by atoms with Gasteiger partial charge in [0.15, 0.2) is 0 Å². The first-order valence-electron chi connectivity index (χ1n) is 6.73. The third-order valence-corrected chi connectivity index (χ3v) is 2.94. The Bertz CT molecular complexity index is 562. The van der Waals surface area contributed by atoms with E-state index in [1.807, 2.05) is 0 Å². The van der Waals surface area contributed by atoms with Crippen LogP contribution in [0.5, 0.6) is 5.75 Å². The third-order valence-electron chi connectivity index (χ3n) is 2.94. The summed E-state index contributed by atoms with van der Waals surface area (Å²) in [5.74, 6) is -0.437. The van der Waals surface area contributed by atoms with Gasteiger partial charge in [-0.3, -0.25) is 0 Å². The van der Waals surface area contributed by atoms with Crippen molar-refractivity contribution in [3.8, 4) is 5.75 Å². The molecule has 1 aliphatic rings. The van der Waals surface area contributed by atoms with Crippen LogP contribution in [-0.4, -0.2) is 35.4 Å². The van der Waals surface area contributed by atoms with Crippen molar-refractivity contribution in [1.82, 2.24) is 5.32 Å². The van der Waals surface area contributed by atoms with E-state index in [4.69, 9.17) is 14.6 Å². The Morgan fingerprint density at radius 2 is 2.10 bits per heavy atom. The summed E-state index contributed by atoms with van der Waals surface area (Å²) >= 11 is 0. The summed E-state index contributed by atoms with van der Waals surface area (Å²) in [6, 6.07) is 4.55. The summed E-state index contributed by atoms with van der Waals surface area (Å²) in [5, 5.41) is 11.7. The molecule has 114 valence electrons. The Morgan fingerprint density at radius 3 is 2.71 bits per heavy atom. The van der Waals surface area contributed by atoms with Crippen LogP contribution in [0.2, 0.25) is 0 Å². The fourth-order valence-corrected chi connectivity index (χ4v) is 2.07. The zero-order valence-corrected chi connectivity index (χ0v) is 12.3. The number of fused-ring (bicyclic) bond motifs is 1. The number of carbonyl (C=O) groups excluding carboxylic acids is 1. The number of aromatic carboxylic acids is 1. The highest BCUT2D eigenvalue weighted by molar-refractivity contribution is 5.88. The van der Waals surface area contributed by atoms with Gasteiger partial charge in [0.1, 0.15) is 18.0 Å². The van der Waals surface area contributed by atoms with E-state index in [9.17, 15) is 9.59 Å². The van der Waals surface area contributed by atoms with Crippen LogP contribution in [0.15, 0.2) is 18.2 Å². The van der Waals surface area contributed by atoms with Gasteiger partial charge in [-0.25, -0.2) is 9.59 Å². The van der Waals surface area contributed by atoms with Crippen LogP contribution in [0.3, 0.4) is 0 Å². The van der Waals surface area contributed by atoms with Gasteiger partial charge in [-0.2, -0.15) is 0 Å². The van der Waals surface area contributed by atoms with Gasteiger partial charge in [0.2, 0.25) is 0 Å². The van der Waals surface area contributed by atoms with Gasteiger partial charge in [-0.05, 0) is 44.9 Å². The molecule has 1 aromatic carbocycles. The normalized spacial score (nSPS) is 17.4. The number of amides is 1. The average Bonchev–Trinajstić information content (AvgIpc) is 2.35. The molecule has 0 saturated heterocycles. The maximum absolute atomic E-state index is 11.7. The van der Waals surface area contributed by atoms with Crippen molar-refractivity contribution in [3.05, 3.63) is 29.3 Å². The largest absolute Gasteiger partial charge is 0.491 e. The van der Waals surface area contributed by atoms with Crippen LogP contribution in [0.4, 0.5) is 4.79 Å². The molecule has 2 rings (SSSR count). The second-order valence-electron chi connectivity index (χ2n) is 5.99. The van der Waals surface area contributed by atoms with E-state index in [1.165, 1.54) is 12.1 Å². The SMILES string of the molecule is CC(C)(C)OC(=O)NC1COc2cc(C(=O)O)ccc2C1. The smallest absolute Gasteiger partial charge is 0.408 e. The van der Waals surface area contributed by atoms with Gasteiger partial charge in [-0.1, -0.05) is 6.07 Å². The number of carbonyl (C=O) groups is 2. The molecule has 1 aromatic rings. The number of benzene rings is 1. The number of ether oxygens (including phenoxy) is 2. The number of hydrogen-bond donors (Lipinski definition) is 2. The molecule has 1 unspecified atom stereocenters. The maximum Gasteiger partial charge on any atom is 0.408 e. The fraction of sp³-hybridized carbons (Fsp3) is 0.467. The lowest BCUT2D eigenvalue weighted by Crippen LogP contribution is -2.44. The molecule has 1 aliphatic heterocycles. The van der Waals surface area contributed by atoms with E-state index in [0.717, 1.165) is 5.56 Å². The Morgan fingerprint density at radius 1 is 1.38 bits per heavy atom. The van der Waals surface area contributed by atoms with Gasteiger partial charge in [0.05, 0.1) is 11.6 Å². The highest BCUT2D eigenvalue weighted by Gasteiger charge is 2.24. The van der Waals surface area contributed by atoms with Crippen molar-refractivity contribution in [2.75, 3.05) is 6.61 Å². The van der Waals surface area contributed by atoms with Crippen molar-refractivity contribution in [2.24, 2.45) is 0 Å². The summed E-state index contributed by atoms with van der Waals surface area (Å²) in [6.45, 7) is 5.68. The lowest BCUT2D eigenvalue weighted by molar-refractivity contribution is 0.0481. The molecule has 6 heteroatoms. The van der Waals surface area contributed by atoms with Gasteiger partial charge in [-0.15, -0.1) is 0 Å². The van der Waals surface area contributed by atoms with Crippen molar-refractivity contribution in [1.29, 1.82) is 0 Å². The molecule has 0 spiro atoms. The molecule has 0 aromatic heterocycles. The van der Waals surface area contributed by atoms with Crippen molar-refractivity contribution in [3.63, 3.8) is 0 Å². The van der Waals surface area contributed by atoms with Gasteiger partial charge >= 0.3 is 12.1 Å². The molecule has 0 aliphatic carbocycles. The number of nitrogens with one attached hydrogen (secondary N) is 1. The lowest BCUT2D eigenvalue weighted by atomic mass is 10.0. The van der Waals surface area contributed by atoms with Crippen LogP contribution >= 0.6 is 0 Å². The molecule has 6 nitrogen and oxygen atoms in total. The maximum atomic E-state index is 11.7. The third kappa shape index (κ3) is 4.11. The second kappa shape index (κ2) is 5.63. The van der Waals surface area contributed by atoms with Crippen molar-refractivity contribution < 1.29 is 24.2 Å². The zero-order valence-electron chi connectivity index (χ0n) is 12.3. The van der Waals surface area contributed by atoms with Crippen LogP contribution in [-0.2, 0) is 11.2 Å². The van der Waals surface area contributed by atoms with E-state index < -0.39 is 17.7 Å². The molecule has 0 saturated carbocycles. The monoisotopic (exact) mass is 293 g/mol. The van der Waals surface area contributed by atoms with E-state index in [-0.39, 0.29) is 18.2 Å². The Kier molecular flexibility index (Phi) is 4.06.